The van der Waals surface area contributed by atoms with Gasteiger partial charge in [-0.2, -0.15) is 0 Å². The molecule has 0 saturated heterocycles. The molecule has 3 atom stereocenters. The molecule has 3 rings (SSSR count). The van der Waals surface area contributed by atoms with Crippen LogP contribution in [0.15, 0.2) is 30.3 Å². The van der Waals surface area contributed by atoms with Gasteiger partial charge in [0.25, 0.3) is 0 Å². The second kappa shape index (κ2) is 6.11. The molecule has 1 N–H and O–H groups in total. The second-order valence-electron chi connectivity index (χ2n) is 6.79. The molecule has 0 radical (unpaired) electrons. The van der Waals surface area contributed by atoms with Crippen LogP contribution in [-0.4, -0.2) is 28.4 Å². The van der Waals surface area contributed by atoms with Crippen LogP contribution in [0.3, 0.4) is 0 Å². The Hall–Kier alpha value is -1.84. The van der Waals surface area contributed by atoms with E-state index in [1.807, 2.05) is 30.3 Å². The molecule has 2 fully saturated rings. The van der Waals surface area contributed by atoms with Crippen molar-refractivity contribution in [1.82, 2.24) is 4.90 Å². The maximum Gasteiger partial charge on any atom is 0.308 e. The summed E-state index contributed by atoms with van der Waals surface area (Å²) in [6.45, 7) is 2.46. The lowest BCUT2D eigenvalue weighted by molar-refractivity contribution is -0.143. The lowest BCUT2D eigenvalue weighted by Gasteiger charge is -2.25. The molecule has 0 bridgehead atoms. The van der Waals surface area contributed by atoms with Crippen molar-refractivity contribution in [2.75, 3.05) is 6.54 Å². The molecule has 2 saturated carbocycles. The van der Waals surface area contributed by atoms with Gasteiger partial charge in [0.1, 0.15) is 0 Å². The molecule has 2 aliphatic rings. The highest BCUT2D eigenvalue weighted by Crippen LogP contribution is 2.55. The summed E-state index contributed by atoms with van der Waals surface area (Å²) in [7, 11) is 0. The first-order chi connectivity index (χ1) is 10.6. The van der Waals surface area contributed by atoms with Gasteiger partial charge in [0.2, 0.25) is 5.91 Å². The van der Waals surface area contributed by atoms with Crippen molar-refractivity contribution in [1.29, 1.82) is 0 Å². The van der Waals surface area contributed by atoms with Crippen LogP contribution in [0.2, 0.25) is 0 Å². The zero-order valence-electron chi connectivity index (χ0n) is 12.9. The molecule has 22 heavy (non-hydrogen) atoms. The van der Waals surface area contributed by atoms with Crippen LogP contribution in [0.5, 0.6) is 0 Å². The zero-order valence-corrected chi connectivity index (χ0v) is 12.9. The first-order valence-corrected chi connectivity index (χ1v) is 8.11. The quantitative estimate of drug-likeness (QED) is 0.842. The highest BCUT2D eigenvalue weighted by Gasteiger charge is 2.52. The Kier molecular flexibility index (Phi) is 4.19. The number of hydrogen-bond acceptors (Lipinski definition) is 2. The monoisotopic (exact) mass is 301 g/mol. The third kappa shape index (κ3) is 3.49. The van der Waals surface area contributed by atoms with E-state index in [2.05, 4.69) is 0 Å². The number of carbonyl (C=O) groups is 2. The number of rotatable bonds is 7. The van der Waals surface area contributed by atoms with Crippen molar-refractivity contribution in [3.63, 3.8) is 0 Å². The van der Waals surface area contributed by atoms with Gasteiger partial charge in [0.05, 0.1) is 5.92 Å². The molecule has 4 heteroatoms. The van der Waals surface area contributed by atoms with Crippen LogP contribution in [0.1, 0.15) is 31.7 Å². The second-order valence-corrected chi connectivity index (χ2v) is 6.79. The normalized spacial score (nSPS) is 24.6. The first-order valence-electron chi connectivity index (χ1n) is 8.11. The van der Waals surface area contributed by atoms with E-state index < -0.39 is 11.9 Å². The zero-order chi connectivity index (χ0) is 15.7. The number of aliphatic carboxylic acids is 1. The first kappa shape index (κ1) is 15.1. The molecule has 0 aliphatic heterocycles. The van der Waals surface area contributed by atoms with Gasteiger partial charge >= 0.3 is 5.97 Å². The molecule has 0 heterocycles. The number of carboxylic acid groups (broad SMARTS) is 1. The van der Waals surface area contributed by atoms with Crippen molar-refractivity contribution in [2.24, 2.45) is 23.7 Å². The number of amides is 1. The fourth-order valence-electron chi connectivity index (χ4n) is 3.22. The Balaban J connectivity index is 1.67. The smallest absolute Gasteiger partial charge is 0.308 e. The Morgan fingerprint density at radius 1 is 1.27 bits per heavy atom. The molecule has 1 aromatic rings. The van der Waals surface area contributed by atoms with Crippen LogP contribution < -0.4 is 0 Å². The number of benzene rings is 1. The van der Waals surface area contributed by atoms with Crippen molar-refractivity contribution in [2.45, 2.75) is 32.7 Å². The minimum Gasteiger partial charge on any atom is -0.481 e. The van der Waals surface area contributed by atoms with Crippen LogP contribution >= 0.6 is 0 Å². The molecule has 1 aromatic carbocycles. The Morgan fingerprint density at radius 3 is 2.55 bits per heavy atom. The molecule has 0 aromatic heterocycles. The third-order valence-corrected chi connectivity index (χ3v) is 4.83. The Morgan fingerprint density at radius 2 is 1.95 bits per heavy atom. The minimum absolute atomic E-state index is 0.136. The van der Waals surface area contributed by atoms with E-state index in [9.17, 15) is 9.59 Å². The van der Waals surface area contributed by atoms with Crippen LogP contribution in [0.4, 0.5) is 0 Å². The van der Waals surface area contributed by atoms with Gasteiger partial charge in [-0.3, -0.25) is 9.59 Å². The lowest BCUT2D eigenvalue weighted by Crippen LogP contribution is -2.37. The maximum absolute atomic E-state index is 12.7. The molecule has 0 unspecified atom stereocenters. The van der Waals surface area contributed by atoms with Crippen LogP contribution in [0, 0.1) is 23.7 Å². The van der Waals surface area contributed by atoms with E-state index in [1.54, 1.807) is 11.8 Å². The largest absolute Gasteiger partial charge is 0.481 e. The van der Waals surface area contributed by atoms with Gasteiger partial charge in [0.15, 0.2) is 0 Å². The SMILES string of the molecule is C[C@H](CN(Cc1ccccc1)C(=O)[C@@H]1C[C@H]1C1CC1)C(=O)O. The molecule has 2 aliphatic carbocycles. The van der Waals surface area contributed by atoms with E-state index in [0.29, 0.717) is 12.5 Å². The summed E-state index contributed by atoms with van der Waals surface area (Å²) in [5.74, 6) is 0.215. The number of carbonyl (C=O) groups excluding carboxylic acids is 1. The van der Waals surface area contributed by atoms with E-state index >= 15 is 0 Å². The standard InChI is InChI=1S/C18H23NO3/c1-12(18(21)22)10-19(11-13-5-3-2-4-6-13)17(20)16-9-15(16)14-7-8-14/h2-6,12,14-16H,7-11H2,1H3,(H,21,22)/t12-,15+,16-/m1/s1. The number of carboxylic acids is 1. The predicted molar refractivity (Wildman–Crippen MR) is 83.0 cm³/mol. The van der Waals surface area contributed by atoms with Gasteiger partial charge in [-0.15, -0.1) is 0 Å². The maximum atomic E-state index is 12.7. The van der Waals surface area contributed by atoms with Gasteiger partial charge in [0, 0.05) is 19.0 Å². The van der Waals surface area contributed by atoms with Crippen molar-refractivity contribution in [3.05, 3.63) is 35.9 Å². The van der Waals surface area contributed by atoms with Crippen LogP contribution in [0.25, 0.3) is 0 Å². The Bertz CT molecular complexity index is 553. The highest BCUT2D eigenvalue weighted by atomic mass is 16.4. The van der Waals surface area contributed by atoms with E-state index in [-0.39, 0.29) is 18.4 Å². The lowest BCUT2D eigenvalue weighted by atomic mass is 10.1. The van der Waals surface area contributed by atoms with E-state index in [0.717, 1.165) is 17.9 Å². The Labute approximate surface area is 131 Å². The topological polar surface area (TPSA) is 57.6 Å². The van der Waals surface area contributed by atoms with Gasteiger partial charge in [-0.05, 0) is 36.7 Å². The average Bonchev–Trinajstić information content (AvgIpc) is 3.38. The summed E-state index contributed by atoms with van der Waals surface area (Å²) >= 11 is 0. The van der Waals surface area contributed by atoms with E-state index in [1.165, 1.54) is 12.8 Å². The average molecular weight is 301 g/mol. The van der Waals surface area contributed by atoms with Gasteiger partial charge in [-0.1, -0.05) is 37.3 Å². The molecule has 118 valence electrons. The van der Waals surface area contributed by atoms with Crippen molar-refractivity contribution in [3.8, 4) is 0 Å². The summed E-state index contributed by atoms with van der Waals surface area (Å²) in [6, 6.07) is 9.80. The fraction of sp³-hybridized carbons (Fsp3) is 0.556. The molecular formula is C18H23NO3. The molecule has 4 nitrogen and oxygen atoms in total. The van der Waals surface area contributed by atoms with Crippen molar-refractivity contribution >= 4 is 11.9 Å². The minimum atomic E-state index is -0.847. The summed E-state index contributed by atoms with van der Waals surface area (Å²) in [6.07, 6.45) is 3.52. The predicted octanol–water partition coefficient (Wildman–Crippen LogP) is 2.78. The number of hydrogen-bond donors (Lipinski definition) is 1. The van der Waals surface area contributed by atoms with Crippen molar-refractivity contribution < 1.29 is 14.7 Å². The summed E-state index contributed by atoms with van der Waals surface area (Å²) in [5, 5.41) is 9.15. The summed E-state index contributed by atoms with van der Waals surface area (Å²) < 4.78 is 0. The third-order valence-electron chi connectivity index (χ3n) is 4.83. The van der Waals surface area contributed by atoms with E-state index in [4.69, 9.17) is 5.11 Å². The van der Waals surface area contributed by atoms with Gasteiger partial charge < -0.3 is 10.0 Å². The fourth-order valence-corrected chi connectivity index (χ4v) is 3.22. The number of nitrogens with zero attached hydrogens (tertiary/aromatic N) is 1. The van der Waals surface area contributed by atoms with Crippen LogP contribution in [-0.2, 0) is 16.1 Å². The molecule has 1 amide bonds. The summed E-state index contributed by atoms with van der Waals surface area (Å²) in [4.78, 5) is 25.6. The summed E-state index contributed by atoms with van der Waals surface area (Å²) in [5.41, 5.74) is 1.05. The molecular weight excluding hydrogens is 278 g/mol. The highest BCUT2D eigenvalue weighted by molar-refractivity contribution is 5.82. The molecule has 0 spiro atoms. The van der Waals surface area contributed by atoms with Gasteiger partial charge in [-0.25, -0.2) is 0 Å².